The molecule has 0 aromatic heterocycles. The number of carbonyl (C=O) groups is 1. The van der Waals surface area contributed by atoms with E-state index in [4.69, 9.17) is 10.5 Å². The third-order valence-corrected chi connectivity index (χ3v) is 2.16. The van der Waals surface area contributed by atoms with Crippen LogP contribution in [-0.2, 0) is 9.53 Å². The van der Waals surface area contributed by atoms with Crippen molar-refractivity contribution < 1.29 is 9.53 Å². The van der Waals surface area contributed by atoms with Gasteiger partial charge in [-0.05, 0) is 13.8 Å². The number of nitrogens with two attached hydrogens (primary N) is 1. The van der Waals surface area contributed by atoms with E-state index >= 15 is 0 Å². The predicted octanol–water partition coefficient (Wildman–Crippen LogP) is -0.124. The summed E-state index contributed by atoms with van der Waals surface area (Å²) in [6.07, 6.45) is 0. The van der Waals surface area contributed by atoms with Crippen LogP contribution in [0.25, 0.3) is 0 Å². The molecule has 4 heteroatoms. The summed E-state index contributed by atoms with van der Waals surface area (Å²) in [5, 5.41) is 2.82. The highest BCUT2D eigenvalue weighted by Gasteiger charge is 2.34. The average Bonchev–Trinajstić information content (AvgIpc) is 1.94. The van der Waals surface area contributed by atoms with E-state index < -0.39 is 5.54 Å². The Bertz CT molecular complexity index is 204. The van der Waals surface area contributed by atoms with Crippen molar-refractivity contribution in [1.82, 2.24) is 5.32 Å². The minimum absolute atomic E-state index is 0.111. The maximum absolute atomic E-state index is 11.4. The number of ether oxygens (including phenoxy) is 1. The molecule has 1 aliphatic heterocycles. The topological polar surface area (TPSA) is 64.4 Å². The summed E-state index contributed by atoms with van der Waals surface area (Å²) in [5.41, 5.74) is 4.95. The summed E-state index contributed by atoms with van der Waals surface area (Å²) in [6, 6.07) is 0. The van der Waals surface area contributed by atoms with Crippen LogP contribution in [0.4, 0.5) is 0 Å². The van der Waals surface area contributed by atoms with E-state index in [2.05, 4.69) is 12.2 Å². The van der Waals surface area contributed by atoms with E-state index in [1.807, 2.05) is 0 Å². The lowest BCUT2D eigenvalue weighted by Crippen LogP contribution is -2.54. The van der Waals surface area contributed by atoms with Gasteiger partial charge in [0.05, 0.1) is 18.8 Å². The molecular formula is C9H18N2O2. The van der Waals surface area contributed by atoms with Crippen LogP contribution >= 0.6 is 0 Å². The van der Waals surface area contributed by atoms with Gasteiger partial charge in [0.15, 0.2) is 0 Å². The fourth-order valence-corrected chi connectivity index (χ4v) is 1.07. The molecule has 1 heterocycles. The van der Waals surface area contributed by atoms with Gasteiger partial charge >= 0.3 is 0 Å². The number of amides is 1. The molecule has 0 spiro atoms. The van der Waals surface area contributed by atoms with Crippen LogP contribution in [0.1, 0.15) is 20.8 Å². The number of carbonyl (C=O) groups excluding carboxylic acids is 1. The largest absolute Gasteiger partial charge is 0.380 e. The molecule has 1 saturated heterocycles. The van der Waals surface area contributed by atoms with Crippen molar-refractivity contribution in [3.8, 4) is 0 Å². The quantitative estimate of drug-likeness (QED) is 0.645. The Morgan fingerprint density at radius 1 is 1.62 bits per heavy atom. The van der Waals surface area contributed by atoms with E-state index in [1.165, 1.54) is 0 Å². The van der Waals surface area contributed by atoms with E-state index in [9.17, 15) is 4.79 Å². The van der Waals surface area contributed by atoms with Crippen LogP contribution in [0.5, 0.6) is 0 Å². The van der Waals surface area contributed by atoms with Crippen molar-refractivity contribution in [3.63, 3.8) is 0 Å². The van der Waals surface area contributed by atoms with E-state index in [0.29, 0.717) is 6.54 Å². The average molecular weight is 186 g/mol. The lowest BCUT2D eigenvalue weighted by Gasteiger charge is -2.38. The summed E-state index contributed by atoms with van der Waals surface area (Å²) in [6.45, 7) is 7.56. The van der Waals surface area contributed by atoms with Crippen LogP contribution in [0, 0.1) is 5.41 Å². The second-order valence-corrected chi connectivity index (χ2v) is 4.71. The molecule has 0 unspecified atom stereocenters. The van der Waals surface area contributed by atoms with Crippen LogP contribution in [0.2, 0.25) is 0 Å². The molecule has 0 atom stereocenters. The summed E-state index contributed by atoms with van der Waals surface area (Å²) in [4.78, 5) is 11.4. The van der Waals surface area contributed by atoms with Crippen molar-refractivity contribution in [3.05, 3.63) is 0 Å². The van der Waals surface area contributed by atoms with Gasteiger partial charge in [-0.25, -0.2) is 0 Å². The lowest BCUT2D eigenvalue weighted by atomic mass is 9.88. The van der Waals surface area contributed by atoms with Gasteiger partial charge in [-0.2, -0.15) is 0 Å². The number of rotatable bonds is 3. The standard InChI is InChI=1S/C9H18N2O2/c1-8(2,10)7(12)11-4-9(3)5-13-6-9/h4-6,10H2,1-3H3,(H,11,12). The Labute approximate surface area is 78.8 Å². The third-order valence-electron chi connectivity index (χ3n) is 2.16. The van der Waals surface area contributed by atoms with Gasteiger partial charge in [-0.1, -0.05) is 6.92 Å². The monoisotopic (exact) mass is 186 g/mol. The smallest absolute Gasteiger partial charge is 0.239 e. The van der Waals surface area contributed by atoms with Crippen molar-refractivity contribution in [2.75, 3.05) is 19.8 Å². The Balaban J connectivity index is 2.30. The third kappa shape index (κ3) is 2.67. The Kier molecular flexibility index (Phi) is 2.63. The summed E-state index contributed by atoms with van der Waals surface area (Å²) < 4.78 is 5.07. The molecule has 4 nitrogen and oxygen atoms in total. The molecule has 13 heavy (non-hydrogen) atoms. The first-order chi connectivity index (χ1) is 5.83. The first-order valence-corrected chi connectivity index (χ1v) is 4.48. The Morgan fingerprint density at radius 2 is 2.15 bits per heavy atom. The molecule has 1 rings (SSSR count). The molecule has 1 amide bonds. The zero-order valence-corrected chi connectivity index (χ0v) is 8.52. The van der Waals surface area contributed by atoms with Crippen molar-refractivity contribution in [2.45, 2.75) is 26.3 Å². The van der Waals surface area contributed by atoms with E-state index in [0.717, 1.165) is 13.2 Å². The minimum Gasteiger partial charge on any atom is -0.380 e. The van der Waals surface area contributed by atoms with E-state index in [1.54, 1.807) is 13.8 Å². The zero-order valence-electron chi connectivity index (χ0n) is 8.52. The normalized spacial score (nSPS) is 20.6. The van der Waals surface area contributed by atoms with Crippen molar-refractivity contribution in [1.29, 1.82) is 0 Å². The van der Waals surface area contributed by atoms with Crippen molar-refractivity contribution >= 4 is 5.91 Å². The maximum Gasteiger partial charge on any atom is 0.239 e. The molecular weight excluding hydrogens is 168 g/mol. The summed E-state index contributed by atoms with van der Waals surface area (Å²) in [7, 11) is 0. The van der Waals surface area contributed by atoms with Crippen LogP contribution in [-0.4, -0.2) is 31.2 Å². The predicted molar refractivity (Wildman–Crippen MR) is 50.2 cm³/mol. The Hall–Kier alpha value is -0.610. The first-order valence-electron chi connectivity index (χ1n) is 4.48. The minimum atomic E-state index is -0.791. The highest BCUT2D eigenvalue weighted by atomic mass is 16.5. The van der Waals surface area contributed by atoms with Gasteiger partial charge in [0.25, 0.3) is 0 Å². The Morgan fingerprint density at radius 3 is 2.46 bits per heavy atom. The van der Waals surface area contributed by atoms with Crippen LogP contribution in [0.3, 0.4) is 0 Å². The van der Waals surface area contributed by atoms with E-state index in [-0.39, 0.29) is 11.3 Å². The molecule has 0 aromatic carbocycles. The number of nitrogens with one attached hydrogen (secondary N) is 1. The van der Waals surface area contributed by atoms with Crippen LogP contribution < -0.4 is 11.1 Å². The van der Waals surface area contributed by atoms with Gasteiger partial charge in [0, 0.05) is 12.0 Å². The molecule has 0 saturated carbocycles. The molecule has 76 valence electrons. The molecule has 0 bridgehead atoms. The second kappa shape index (κ2) is 3.27. The SMILES string of the molecule is CC1(CNC(=O)C(C)(C)N)COC1. The van der Waals surface area contributed by atoms with Gasteiger partial charge in [0.1, 0.15) is 0 Å². The molecule has 0 aliphatic carbocycles. The fourth-order valence-electron chi connectivity index (χ4n) is 1.07. The zero-order chi connectivity index (χ0) is 10.1. The second-order valence-electron chi connectivity index (χ2n) is 4.71. The molecule has 0 aromatic rings. The van der Waals surface area contributed by atoms with Crippen molar-refractivity contribution in [2.24, 2.45) is 11.1 Å². The maximum atomic E-state index is 11.4. The van der Waals surface area contributed by atoms with Crippen LogP contribution in [0.15, 0.2) is 0 Å². The van der Waals surface area contributed by atoms with Gasteiger partial charge in [0.2, 0.25) is 5.91 Å². The highest BCUT2D eigenvalue weighted by Crippen LogP contribution is 2.25. The van der Waals surface area contributed by atoms with Gasteiger partial charge < -0.3 is 15.8 Å². The summed E-state index contributed by atoms with van der Waals surface area (Å²) >= 11 is 0. The summed E-state index contributed by atoms with van der Waals surface area (Å²) in [5.74, 6) is -0.111. The molecule has 3 N–H and O–H groups in total. The van der Waals surface area contributed by atoms with Gasteiger partial charge in [-0.3, -0.25) is 4.79 Å². The lowest BCUT2D eigenvalue weighted by molar-refractivity contribution is -0.130. The first kappa shape index (κ1) is 10.5. The fraction of sp³-hybridized carbons (Fsp3) is 0.889. The molecule has 1 fully saturated rings. The number of hydrogen-bond donors (Lipinski definition) is 2. The molecule has 1 aliphatic rings. The van der Waals surface area contributed by atoms with Gasteiger partial charge in [-0.15, -0.1) is 0 Å². The number of hydrogen-bond acceptors (Lipinski definition) is 3. The molecule has 0 radical (unpaired) electrons. The highest BCUT2D eigenvalue weighted by molar-refractivity contribution is 5.85.